The molecule has 2 atom stereocenters. The average molecular weight is 131 g/mol. The van der Waals surface area contributed by atoms with E-state index < -0.39 is 0 Å². The van der Waals surface area contributed by atoms with E-state index in [1.54, 1.807) is 7.11 Å². The summed E-state index contributed by atoms with van der Waals surface area (Å²) < 4.78 is 4.91. The van der Waals surface area contributed by atoms with Gasteiger partial charge < -0.3 is 10.5 Å². The van der Waals surface area contributed by atoms with Crippen molar-refractivity contribution in [1.29, 1.82) is 0 Å². The van der Waals surface area contributed by atoms with E-state index in [1.165, 1.54) is 0 Å². The van der Waals surface area contributed by atoms with Gasteiger partial charge in [-0.25, -0.2) is 0 Å². The second-order valence-corrected chi connectivity index (χ2v) is 2.62. The molecule has 0 amide bonds. The second kappa shape index (κ2) is 4.77. The van der Waals surface area contributed by atoms with E-state index in [1.807, 2.05) is 6.92 Å². The number of hydrogen-bond acceptors (Lipinski definition) is 2. The number of methoxy groups -OCH3 is 1. The molecule has 56 valence electrons. The van der Waals surface area contributed by atoms with Crippen molar-refractivity contribution in [2.75, 3.05) is 13.7 Å². The highest BCUT2D eigenvalue weighted by Crippen LogP contribution is 2.04. The molecule has 0 heterocycles. The van der Waals surface area contributed by atoms with Crippen LogP contribution in [0.25, 0.3) is 0 Å². The number of hydrogen-bond donors (Lipinski definition) is 1. The van der Waals surface area contributed by atoms with Crippen LogP contribution in [0.2, 0.25) is 0 Å². The number of rotatable bonds is 4. The molecule has 0 aromatic carbocycles. The monoisotopic (exact) mass is 131 g/mol. The Morgan fingerprint density at radius 3 is 2.33 bits per heavy atom. The molecule has 0 aliphatic rings. The van der Waals surface area contributed by atoms with Gasteiger partial charge in [-0.3, -0.25) is 0 Å². The molecule has 0 saturated heterocycles. The van der Waals surface area contributed by atoms with E-state index in [2.05, 4.69) is 6.92 Å². The Morgan fingerprint density at radius 1 is 1.44 bits per heavy atom. The SMILES string of the molecule is COCC[C@H](C)[C@@H](C)N. The highest BCUT2D eigenvalue weighted by molar-refractivity contribution is 4.62. The van der Waals surface area contributed by atoms with E-state index in [0.29, 0.717) is 12.0 Å². The van der Waals surface area contributed by atoms with Gasteiger partial charge >= 0.3 is 0 Å². The summed E-state index contributed by atoms with van der Waals surface area (Å²) in [5.74, 6) is 0.574. The first-order chi connectivity index (χ1) is 4.18. The number of ether oxygens (including phenoxy) is 1. The molecule has 0 aromatic rings. The molecule has 0 aromatic heterocycles. The van der Waals surface area contributed by atoms with Crippen LogP contribution < -0.4 is 5.73 Å². The quantitative estimate of drug-likeness (QED) is 0.618. The third-order valence-electron chi connectivity index (χ3n) is 1.67. The van der Waals surface area contributed by atoms with Gasteiger partial charge in [0.2, 0.25) is 0 Å². The first-order valence-electron chi connectivity index (χ1n) is 3.43. The van der Waals surface area contributed by atoms with Crippen LogP contribution in [-0.4, -0.2) is 19.8 Å². The molecule has 0 radical (unpaired) electrons. The van der Waals surface area contributed by atoms with Crippen molar-refractivity contribution in [2.45, 2.75) is 26.3 Å². The standard InChI is InChI=1S/C7H17NO/c1-6(7(2)8)4-5-9-3/h6-7H,4-5,8H2,1-3H3/t6-,7+/m0/s1. The zero-order valence-electron chi connectivity index (χ0n) is 6.55. The van der Waals surface area contributed by atoms with E-state index in [4.69, 9.17) is 10.5 Å². The summed E-state index contributed by atoms with van der Waals surface area (Å²) in [7, 11) is 1.72. The van der Waals surface area contributed by atoms with E-state index in [0.717, 1.165) is 13.0 Å². The van der Waals surface area contributed by atoms with Crippen molar-refractivity contribution in [3.8, 4) is 0 Å². The summed E-state index contributed by atoms with van der Waals surface area (Å²) in [5, 5.41) is 0. The Hall–Kier alpha value is -0.0800. The zero-order valence-corrected chi connectivity index (χ0v) is 6.55. The second-order valence-electron chi connectivity index (χ2n) is 2.62. The maximum atomic E-state index is 5.62. The summed E-state index contributed by atoms with van der Waals surface area (Å²) in [6.07, 6.45) is 1.06. The maximum absolute atomic E-state index is 5.62. The van der Waals surface area contributed by atoms with Crippen LogP contribution in [-0.2, 0) is 4.74 Å². The third-order valence-corrected chi connectivity index (χ3v) is 1.67. The van der Waals surface area contributed by atoms with Crippen LogP contribution >= 0.6 is 0 Å². The van der Waals surface area contributed by atoms with Crippen LogP contribution in [0.4, 0.5) is 0 Å². The number of nitrogens with two attached hydrogens (primary N) is 1. The van der Waals surface area contributed by atoms with Crippen LogP contribution in [0.1, 0.15) is 20.3 Å². The van der Waals surface area contributed by atoms with Crippen molar-refractivity contribution in [2.24, 2.45) is 11.7 Å². The summed E-state index contributed by atoms with van der Waals surface area (Å²) in [6, 6.07) is 0.292. The largest absolute Gasteiger partial charge is 0.385 e. The van der Waals surface area contributed by atoms with Gasteiger partial charge in [0.15, 0.2) is 0 Å². The highest BCUT2D eigenvalue weighted by Gasteiger charge is 2.05. The highest BCUT2D eigenvalue weighted by atomic mass is 16.5. The van der Waals surface area contributed by atoms with Crippen LogP contribution in [0.3, 0.4) is 0 Å². The maximum Gasteiger partial charge on any atom is 0.0465 e. The van der Waals surface area contributed by atoms with Gasteiger partial charge in [-0.2, -0.15) is 0 Å². The van der Waals surface area contributed by atoms with E-state index in [9.17, 15) is 0 Å². The lowest BCUT2D eigenvalue weighted by Crippen LogP contribution is -2.24. The molecule has 0 spiro atoms. The molecule has 2 N–H and O–H groups in total. The molecule has 0 rings (SSSR count). The van der Waals surface area contributed by atoms with E-state index in [-0.39, 0.29) is 0 Å². The Bertz CT molecular complexity index is 63.9. The van der Waals surface area contributed by atoms with Crippen LogP contribution in [0.5, 0.6) is 0 Å². The van der Waals surface area contributed by atoms with E-state index >= 15 is 0 Å². The Balaban J connectivity index is 3.16. The molecule has 0 bridgehead atoms. The molecule has 9 heavy (non-hydrogen) atoms. The van der Waals surface area contributed by atoms with Gasteiger partial charge in [-0.15, -0.1) is 0 Å². The Morgan fingerprint density at radius 2 is 2.00 bits per heavy atom. The van der Waals surface area contributed by atoms with Crippen LogP contribution in [0.15, 0.2) is 0 Å². The lowest BCUT2D eigenvalue weighted by atomic mass is 10.0. The summed E-state index contributed by atoms with van der Waals surface area (Å²) >= 11 is 0. The molecule has 0 aliphatic heterocycles. The molecule has 2 heteroatoms. The minimum atomic E-state index is 0.292. The van der Waals surface area contributed by atoms with Crippen LogP contribution in [0, 0.1) is 5.92 Å². The van der Waals surface area contributed by atoms with Gasteiger partial charge in [0, 0.05) is 19.8 Å². The molecular weight excluding hydrogens is 114 g/mol. The lowest BCUT2D eigenvalue weighted by molar-refractivity contribution is 0.176. The smallest absolute Gasteiger partial charge is 0.0465 e. The Kier molecular flexibility index (Phi) is 4.72. The molecule has 0 unspecified atom stereocenters. The van der Waals surface area contributed by atoms with Gasteiger partial charge in [-0.05, 0) is 19.3 Å². The minimum absolute atomic E-state index is 0.292. The fourth-order valence-electron chi connectivity index (χ4n) is 0.567. The van der Waals surface area contributed by atoms with Crippen molar-refractivity contribution < 1.29 is 4.74 Å². The molecular formula is C7H17NO. The average Bonchev–Trinajstić information content (AvgIpc) is 1.82. The fourth-order valence-corrected chi connectivity index (χ4v) is 0.567. The Labute approximate surface area is 57.4 Å². The topological polar surface area (TPSA) is 35.2 Å². The first kappa shape index (κ1) is 8.92. The summed E-state index contributed by atoms with van der Waals surface area (Å²) in [4.78, 5) is 0. The molecule has 0 fully saturated rings. The third kappa shape index (κ3) is 4.43. The van der Waals surface area contributed by atoms with Crippen molar-refractivity contribution in [1.82, 2.24) is 0 Å². The van der Waals surface area contributed by atoms with Crippen molar-refractivity contribution in [3.05, 3.63) is 0 Å². The van der Waals surface area contributed by atoms with Gasteiger partial charge in [-0.1, -0.05) is 6.92 Å². The minimum Gasteiger partial charge on any atom is -0.385 e. The van der Waals surface area contributed by atoms with Crippen molar-refractivity contribution in [3.63, 3.8) is 0 Å². The summed E-state index contributed by atoms with van der Waals surface area (Å²) in [6.45, 7) is 4.99. The van der Waals surface area contributed by atoms with Crippen molar-refractivity contribution >= 4 is 0 Å². The fraction of sp³-hybridized carbons (Fsp3) is 1.00. The molecule has 2 nitrogen and oxygen atoms in total. The van der Waals surface area contributed by atoms with Gasteiger partial charge in [0.05, 0.1) is 0 Å². The zero-order chi connectivity index (χ0) is 7.28. The normalized spacial score (nSPS) is 17.3. The molecule has 0 saturated carbocycles. The predicted molar refractivity (Wildman–Crippen MR) is 39.3 cm³/mol. The summed E-state index contributed by atoms with van der Waals surface area (Å²) in [5.41, 5.74) is 5.62. The first-order valence-corrected chi connectivity index (χ1v) is 3.43. The lowest BCUT2D eigenvalue weighted by Gasteiger charge is -2.13. The van der Waals surface area contributed by atoms with Gasteiger partial charge in [0.1, 0.15) is 0 Å². The predicted octanol–water partition coefficient (Wildman–Crippen LogP) is 1.01. The van der Waals surface area contributed by atoms with Gasteiger partial charge in [0.25, 0.3) is 0 Å². The molecule has 0 aliphatic carbocycles.